The van der Waals surface area contributed by atoms with Crippen molar-refractivity contribution in [3.05, 3.63) is 54.4 Å². The maximum Gasteiger partial charge on any atom is 0.201 e. The molecule has 0 radical (unpaired) electrons. The minimum atomic E-state index is 0.166. The molecule has 0 aliphatic carbocycles. The lowest BCUT2D eigenvalue weighted by Crippen LogP contribution is -2.07. The van der Waals surface area contributed by atoms with Crippen molar-refractivity contribution >= 4 is 17.0 Å². The molecule has 90 valence electrons. The summed E-state index contributed by atoms with van der Waals surface area (Å²) in [6, 6.07) is 12.1. The molecule has 0 aliphatic heterocycles. The Kier molecular flexibility index (Phi) is 2.68. The lowest BCUT2D eigenvalue weighted by molar-refractivity contribution is 0.861. The van der Waals surface area contributed by atoms with Gasteiger partial charge in [0.1, 0.15) is 0 Å². The number of pyridine rings is 1. The molecule has 3 aromatic rings. The number of para-hydroxylation sites is 2. The molecule has 1 aromatic carbocycles. The van der Waals surface area contributed by atoms with Crippen LogP contribution < -0.4 is 5.32 Å². The Morgan fingerprint density at radius 2 is 2.06 bits per heavy atom. The van der Waals surface area contributed by atoms with E-state index < -0.39 is 0 Å². The Labute approximate surface area is 105 Å². The van der Waals surface area contributed by atoms with Crippen LogP contribution in [0.1, 0.15) is 18.5 Å². The van der Waals surface area contributed by atoms with Gasteiger partial charge in [0.25, 0.3) is 0 Å². The fourth-order valence-corrected chi connectivity index (χ4v) is 1.94. The monoisotopic (exact) mass is 238 g/mol. The molecule has 2 heterocycles. The first-order valence-electron chi connectivity index (χ1n) is 5.94. The van der Waals surface area contributed by atoms with Crippen LogP contribution in [0, 0.1) is 0 Å². The van der Waals surface area contributed by atoms with Crippen molar-refractivity contribution in [2.75, 3.05) is 5.32 Å². The average molecular weight is 238 g/mol. The summed E-state index contributed by atoms with van der Waals surface area (Å²) >= 11 is 0. The highest BCUT2D eigenvalue weighted by Gasteiger charge is 2.07. The van der Waals surface area contributed by atoms with Gasteiger partial charge in [-0.3, -0.25) is 4.98 Å². The predicted molar refractivity (Wildman–Crippen MR) is 72.4 cm³/mol. The Morgan fingerprint density at radius 3 is 2.83 bits per heavy atom. The lowest BCUT2D eigenvalue weighted by atomic mass is 10.1. The molecule has 3 rings (SSSR count). The van der Waals surface area contributed by atoms with Gasteiger partial charge in [-0.2, -0.15) is 0 Å². The number of anilines is 1. The molecule has 1 atom stereocenters. The van der Waals surface area contributed by atoms with Crippen molar-refractivity contribution in [3.63, 3.8) is 0 Å². The SMILES string of the molecule is CC(Nc1nc2ccccc2[nH]1)c1cccnc1. The van der Waals surface area contributed by atoms with Gasteiger partial charge in [-0.1, -0.05) is 18.2 Å². The highest BCUT2D eigenvalue weighted by molar-refractivity contribution is 5.77. The lowest BCUT2D eigenvalue weighted by Gasteiger charge is -2.12. The number of rotatable bonds is 3. The van der Waals surface area contributed by atoms with E-state index in [1.54, 1.807) is 6.20 Å². The largest absolute Gasteiger partial charge is 0.349 e. The van der Waals surface area contributed by atoms with E-state index in [9.17, 15) is 0 Å². The van der Waals surface area contributed by atoms with Crippen molar-refractivity contribution in [1.82, 2.24) is 15.0 Å². The Balaban J connectivity index is 1.84. The van der Waals surface area contributed by atoms with Crippen molar-refractivity contribution in [3.8, 4) is 0 Å². The third kappa shape index (κ3) is 2.05. The number of aromatic nitrogens is 3. The number of imidazole rings is 1. The third-order valence-electron chi connectivity index (χ3n) is 2.93. The van der Waals surface area contributed by atoms with E-state index in [1.807, 2.05) is 42.6 Å². The number of hydrogen-bond donors (Lipinski definition) is 2. The second kappa shape index (κ2) is 4.49. The second-order valence-corrected chi connectivity index (χ2v) is 4.25. The zero-order valence-electron chi connectivity index (χ0n) is 10.1. The molecular weight excluding hydrogens is 224 g/mol. The molecule has 2 aromatic heterocycles. The highest BCUT2D eigenvalue weighted by Crippen LogP contribution is 2.19. The van der Waals surface area contributed by atoms with Gasteiger partial charge < -0.3 is 10.3 Å². The number of nitrogens with one attached hydrogen (secondary N) is 2. The average Bonchev–Trinajstić information content (AvgIpc) is 2.82. The quantitative estimate of drug-likeness (QED) is 0.737. The van der Waals surface area contributed by atoms with Gasteiger partial charge in [-0.15, -0.1) is 0 Å². The number of nitrogens with zero attached hydrogens (tertiary/aromatic N) is 2. The molecule has 0 amide bonds. The van der Waals surface area contributed by atoms with Gasteiger partial charge >= 0.3 is 0 Å². The van der Waals surface area contributed by atoms with Crippen molar-refractivity contribution in [1.29, 1.82) is 0 Å². The number of hydrogen-bond acceptors (Lipinski definition) is 3. The molecule has 0 fully saturated rings. The summed E-state index contributed by atoms with van der Waals surface area (Å²) in [5.41, 5.74) is 3.15. The minimum absolute atomic E-state index is 0.166. The van der Waals surface area contributed by atoms with E-state index in [0.29, 0.717) is 0 Å². The van der Waals surface area contributed by atoms with Crippen LogP contribution in [0.15, 0.2) is 48.8 Å². The van der Waals surface area contributed by atoms with Crippen LogP contribution in [0.5, 0.6) is 0 Å². The van der Waals surface area contributed by atoms with Crippen molar-refractivity contribution < 1.29 is 0 Å². The van der Waals surface area contributed by atoms with E-state index in [2.05, 4.69) is 27.2 Å². The molecule has 0 bridgehead atoms. The predicted octanol–water partition coefficient (Wildman–Crippen LogP) is 3.13. The van der Waals surface area contributed by atoms with E-state index in [1.165, 1.54) is 0 Å². The van der Waals surface area contributed by atoms with E-state index in [0.717, 1.165) is 22.5 Å². The Hall–Kier alpha value is -2.36. The summed E-state index contributed by atoms with van der Waals surface area (Å²) in [6.45, 7) is 2.09. The van der Waals surface area contributed by atoms with Crippen LogP contribution in [0.25, 0.3) is 11.0 Å². The summed E-state index contributed by atoms with van der Waals surface area (Å²) < 4.78 is 0. The molecule has 4 heteroatoms. The molecule has 1 unspecified atom stereocenters. The van der Waals surface area contributed by atoms with Crippen LogP contribution in [0.3, 0.4) is 0 Å². The summed E-state index contributed by atoms with van der Waals surface area (Å²) in [6.07, 6.45) is 3.64. The fraction of sp³-hybridized carbons (Fsp3) is 0.143. The Morgan fingerprint density at radius 1 is 1.17 bits per heavy atom. The van der Waals surface area contributed by atoms with Gasteiger partial charge in [0.05, 0.1) is 17.1 Å². The third-order valence-corrected chi connectivity index (χ3v) is 2.93. The molecule has 4 nitrogen and oxygen atoms in total. The second-order valence-electron chi connectivity index (χ2n) is 4.25. The molecule has 18 heavy (non-hydrogen) atoms. The maximum atomic E-state index is 4.49. The van der Waals surface area contributed by atoms with E-state index in [-0.39, 0.29) is 6.04 Å². The summed E-state index contributed by atoms with van der Waals surface area (Å²) in [4.78, 5) is 11.9. The summed E-state index contributed by atoms with van der Waals surface area (Å²) in [5, 5.41) is 3.34. The smallest absolute Gasteiger partial charge is 0.201 e. The first-order chi connectivity index (χ1) is 8.83. The zero-order chi connectivity index (χ0) is 12.4. The molecule has 0 saturated carbocycles. The number of fused-ring (bicyclic) bond motifs is 1. The summed E-state index contributed by atoms with van der Waals surface area (Å²) in [5.74, 6) is 0.785. The zero-order valence-corrected chi connectivity index (χ0v) is 10.1. The minimum Gasteiger partial charge on any atom is -0.349 e. The number of benzene rings is 1. The fourth-order valence-electron chi connectivity index (χ4n) is 1.94. The normalized spacial score (nSPS) is 12.5. The van der Waals surface area contributed by atoms with Gasteiger partial charge in [-0.25, -0.2) is 4.98 Å². The van der Waals surface area contributed by atoms with Gasteiger partial charge in [-0.05, 0) is 30.7 Å². The first kappa shape index (κ1) is 10.8. The standard InChI is InChI=1S/C14H14N4/c1-10(11-5-4-8-15-9-11)16-14-17-12-6-2-3-7-13(12)18-14/h2-10H,1H3,(H2,16,17,18). The first-order valence-corrected chi connectivity index (χ1v) is 5.94. The summed E-state index contributed by atoms with van der Waals surface area (Å²) in [7, 11) is 0. The number of H-pyrrole nitrogens is 1. The van der Waals surface area contributed by atoms with Gasteiger partial charge in [0, 0.05) is 12.4 Å². The van der Waals surface area contributed by atoms with E-state index >= 15 is 0 Å². The van der Waals surface area contributed by atoms with Crippen LogP contribution in [-0.4, -0.2) is 15.0 Å². The Bertz CT molecular complexity index is 612. The van der Waals surface area contributed by atoms with Crippen molar-refractivity contribution in [2.45, 2.75) is 13.0 Å². The van der Waals surface area contributed by atoms with Gasteiger partial charge in [0.2, 0.25) is 5.95 Å². The topological polar surface area (TPSA) is 53.6 Å². The van der Waals surface area contributed by atoms with Crippen LogP contribution in [0.4, 0.5) is 5.95 Å². The van der Waals surface area contributed by atoms with Gasteiger partial charge in [0.15, 0.2) is 0 Å². The molecule has 0 aliphatic rings. The van der Waals surface area contributed by atoms with Crippen LogP contribution in [0.2, 0.25) is 0 Å². The maximum absolute atomic E-state index is 4.49. The van der Waals surface area contributed by atoms with Crippen LogP contribution >= 0.6 is 0 Å². The molecule has 2 N–H and O–H groups in total. The molecule has 0 spiro atoms. The molecular formula is C14H14N4. The van der Waals surface area contributed by atoms with Crippen LogP contribution in [-0.2, 0) is 0 Å². The molecule has 0 saturated heterocycles. The van der Waals surface area contributed by atoms with E-state index in [4.69, 9.17) is 0 Å². The number of aromatic amines is 1. The van der Waals surface area contributed by atoms with Crippen molar-refractivity contribution in [2.24, 2.45) is 0 Å². The highest BCUT2D eigenvalue weighted by atomic mass is 15.1.